The van der Waals surface area contributed by atoms with E-state index in [0.717, 1.165) is 11.3 Å². The minimum atomic E-state index is -0.0394. The summed E-state index contributed by atoms with van der Waals surface area (Å²) in [6, 6.07) is 18.0. The minimum Gasteiger partial charge on any atom is -0.486 e. The molecule has 2 aromatic carbocycles. The molecule has 0 aliphatic carbocycles. The smallest absolute Gasteiger partial charge is 0.230 e. The summed E-state index contributed by atoms with van der Waals surface area (Å²) in [7, 11) is 1.88. The van der Waals surface area contributed by atoms with E-state index in [0.29, 0.717) is 23.5 Å². The van der Waals surface area contributed by atoms with Gasteiger partial charge in [-0.2, -0.15) is 0 Å². The molecule has 0 saturated heterocycles. The van der Waals surface area contributed by atoms with Crippen molar-refractivity contribution in [1.29, 1.82) is 0 Å². The average Bonchev–Trinajstić information content (AvgIpc) is 3.11. The highest BCUT2D eigenvalue weighted by molar-refractivity contribution is 7.99. The number of nitrogens with one attached hydrogen (secondary N) is 1. The van der Waals surface area contributed by atoms with E-state index in [1.54, 1.807) is 0 Å². The summed E-state index contributed by atoms with van der Waals surface area (Å²) in [5.74, 6) is 2.24. The molecule has 0 fully saturated rings. The van der Waals surface area contributed by atoms with Gasteiger partial charge in [0.1, 0.15) is 12.4 Å². The molecule has 0 aliphatic rings. The third-order valence-electron chi connectivity index (χ3n) is 4.85. The van der Waals surface area contributed by atoms with E-state index in [1.807, 2.05) is 61.0 Å². The molecule has 0 aliphatic heterocycles. The number of benzene rings is 2. The highest BCUT2D eigenvalue weighted by Gasteiger charge is 2.14. The number of hydrogen-bond acceptors (Lipinski definition) is 5. The van der Waals surface area contributed by atoms with Crippen molar-refractivity contribution in [3.63, 3.8) is 0 Å². The van der Waals surface area contributed by atoms with Gasteiger partial charge in [0.2, 0.25) is 5.91 Å². The van der Waals surface area contributed by atoms with Gasteiger partial charge in [0.05, 0.1) is 11.8 Å². The van der Waals surface area contributed by atoms with Gasteiger partial charge in [0.15, 0.2) is 11.0 Å². The van der Waals surface area contributed by atoms with Crippen LogP contribution in [0.25, 0.3) is 0 Å². The number of nitrogens with zero attached hydrogens (tertiary/aromatic N) is 3. The van der Waals surface area contributed by atoms with Crippen molar-refractivity contribution >= 4 is 17.7 Å². The van der Waals surface area contributed by atoms with E-state index < -0.39 is 0 Å². The number of thioether (sulfide) groups is 1. The van der Waals surface area contributed by atoms with Crippen molar-refractivity contribution in [2.24, 2.45) is 7.05 Å². The van der Waals surface area contributed by atoms with Crippen molar-refractivity contribution in [3.8, 4) is 5.75 Å². The van der Waals surface area contributed by atoms with Gasteiger partial charge in [-0.3, -0.25) is 4.79 Å². The molecule has 0 bridgehead atoms. The van der Waals surface area contributed by atoms with Crippen LogP contribution in [0.15, 0.2) is 59.8 Å². The molecule has 6 nitrogen and oxygen atoms in total. The summed E-state index contributed by atoms with van der Waals surface area (Å²) >= 11 is 1.36. The first-order valence-electron chi connectivity index (χ1n) is 10.0. The Morgan fingerprint density at radius 3 is 2.40 bits per heavy atom. The van der Waals surface area contributed by atoms with Gasteiger partial charge in [-0.1, -0.05) is 68.1 Å². The third-order valence-corrected chi connectivity index (χ3v) is 5.87. The minimum absolute atomic E-state index is 0.0372. The SMILES string of the molecule is CC(C)c1ccc(OCc2nnc(SCC(=O)NC(C)c3ccccc3)n2C)cc1. The summed E-state index contributed by atoms with van der Waals surface area (Å²) < 4.78 is 7.70. The van der Waals surface area contributed by atoms with Gasteiger partial charge in [0.25, 0.3) is 0 Å². The molecular weight excluding hydrogens is 396 g/mol. The standard InChI is InChI=1S/C23H28N4O2S/c1-16(2)18-10-12-20(13-11-18)29-14-21-25-26-23(27(21)4)30-15-22(28)24-17(3)19-8-6-5-7-9-19/h5-13,16-17H,14-15H2,1-4H3,(H,24,28). The van der Waals surface area contributed by atoms with Crippen molar-refractivity contribution in [2.75, 3.05) is 5.75 Å². The van der Waals surface area contributed by atoms with E-state index in [1.165, 1.54) is 17.3 Å². The van der Waals surface area contributed by atoms with Crippen LogP contribution < -0.4 is 10.1 Å². The number of rotatable bonds is 9. The van der Waals surface area contributed by atoms with Gasteiger partial charge < -0.3 is 14.6 Å². The molecule has 0 radical (unpaired) electrons. The summed E-state index contributed by atoms with van der Waals surface area (Å²) in [5.41, 5.74) is 2.36. The molecule has 1 atom stereocenters. The Morgan fingerprint density at radius 2 is 1.73 bits per heavy atom. The lowest BCUT2D eigenvalue weighted by Crippen LogP contribution is -2.28. The Balaban J connectivity index is 1.49. The molecule has 1 aromatic heterocycles. The van der Waals surface area contributed by atoms with E-state index in [4.69, 9.17) is 4.74 Å². The monoisotopic (exact) mass is 424 g/mol. The third kappa shape index (κ3) is 5.86. The topological polar surface area (TPSA) is 69.0 Å². The van der Waals surface area contributed by atoms with Crippen LogP contribution in [0, 0.1) is 0 Å². The van der Waals surface area contributed by atoms with E-state index in [2.05, 4.69) is 41.5 Å². The summed E-state index contributed by atoms with van der Waals surface area (Å²) in [4.78, 5) is 12.3. The zero-order chi connectivity index (χ0) is 21.5. The lowest BCUT2D eigenvalue weighted by molar-refractivity contribution is -0.119. The predicted molar refractivity (Wildman–Crippen MR) is 120 cm³/mol. The molecule has 1 heterocycles. The summed E-state index contributed by atoms with van der Waals surface area (Å²) in [6.45, 7) is 6.63. The number of hydrogen-bond donors (Lipinski definition) is 1. The zero-order valence-electron chi connectivity index (χ0n) is 17.8. The maximum absolute atomic E-state index is 12.3. The van der Waals surface area contributed by atoms with Gasteiger partial charge in [0, 0.05) is 7.05 Å². The van der Waals surface area contributed by atoms with E-state index in [-0.39, 0.29) is 17.7 Å². The molecule has 1 unspecified atom stereocenters. The van der Waals surface area contributed by atoms with Crippen molar-refractivity contribution in [2.45, 2.75) is 44.5 Å². The maximum Gasteiger partial charge on any atom is 0.230 e. The first-order chi connectivity index (χ1) is 14.4. The van der Waals surface area contributed by atoms with E-state index in [9.17, 15) is 4.79 Å². The van der Waals surface area contributed by atoms with Gasteiger partial charge >= 0.3 is 0 Å². The second-order valence-electron chi connectivity index (χ2n) is 7.46. The van der Waals surface area contributed by atoms with E-state index >= 15 is 0 Å². The normalized spacial score (nSPS) is 12.0. The van der Waals surface area contributed by atoms with Crippen LogP contribution in [0.5, 0.6) is 5.75 Å². The summed E-state index contributed by atoms with van der Waals surface area (Å²) in [6.07, 6.45) is 0. The molecule has 0 spiro atoms. The van der Waals surface area contributed by atoms with Crippen molar-refractivity contribution < 1.29 is 9.53 Å². The number of ether oxygens (including phenoxy) is 1. The first-order valence-corrected chi connectivity index (χ1v) is 11.0. The van der Waals surface area contributed by atoms with Gasteiger partial charge in [-0.25, -0.2) is 0 Å². The second-order valence-corrected chi connectivity index (χ2v) is 8.40. The Bertz CT molecular complexity index is 955. The Kier molecular flexibility index (Phi) is 7.52. The average molecular weight is 425 g/mol. The molecule has 0 saturated carbocycles. The van der Waals surface area contributed by atoms with Crippen LogP contribution in [0.3, 0.4) is 0 Å². The van der Waals surface area contributed by atoms with Crippen LogP contribution in [0.2, 0.25) is 0 Å². The number of amides is 1. The van der Waals surface area contributed by atoms with Gasteiger partial charge in [-0.05, 0) is 36.1 Å². The van der Waals surface area contributed by atoms with Crippen LogP contribution in [-0.4, -0.2) is 26.4 Å². The molecule has 1 N–H and O–H groups in total. The number of carbonyl (C=O) groups is 1. The molecule has 30 heavy (non-hydrogen) atoms. The molecule has 1 amide bonds. The Morgan fingerprint density at radius 1 is 1.03 bits per heavy atom. The molecule has 7 heteroatoms. The molecule has 158 valence electrons. The predicted octanol–water partition coefficient (Wildman–Crippen LogP) is 4.49. The highest BCUT2D eigenvalue weighted by atomic mass is 32.2. The van der Waals surface area contributed by atoms with Crippen LogP contribution in [0.4, 0.5) is 0 Å². The zero-order valence-corrected chi connectivity index (χ0v) is 18.6. The quantitative estimate of drug-likeness (QED) is 0.513. The molecular formula is C23H28N4O2S. The Labute approximate surface area is 182 Å². The Hall–Kier alpha value is -2.80. The second kappa shape index (κ2) is 10.3. The van der Waals surface area contributed by atoms with Crippen LogP contribution >= 0.6 is 11.8 Å². The lowest BCUT2D eigenvalue weighted by Gasteiger charge is -2.14. The maximum atomic E-state index is 12.3. The van der Waals surface area contributed by atoms with Crippen LogP contribution in [-0.2, 0) is 18.4 Å². The largest absolute Gasteiger partial charge is 0.486 e. The lowest BCUT2D eigenvalue weighted by atomic mass is 10.0. The fourth-order valence-electron chi connectivity index (χ4n) is 2.93. The fourth-order valence-corrected chi connectivity index (χ4v) is 3.67. The van der Waals surface area contributed by atoms with Gasteiger partial charge in [-0.15, -0.1) is 10.2 Å². The number of aromatic nitrogens is 3. The first kappa shape index (κ1) is 21.9. The molecule has 3 rings (SSSR count). The van der Waals surface area contributed by atoms with Crippen molar-refractivity contribution in [1.82, 2.24) is 20.1 Å². The van der Waals surface area contributed by atoms with Crippen LogP contribution in [0.1, 0.15) is 49.7 Å². The van der Waals surface area contributed by atoms with Crippen molar-refractivity contribution in [3.05, 3.63) is 71.5 Å². The highest BCUT2D eigenvalue weighted by Crippen LogP contribution is 2.20. The molecule has 3 aromatic rings. The fraction of sp³-hybridized carbons (Fsp3) is 0.348. The number of carbonyl (C=O) groups excluding carboxylic acids is 1. The summed E-state index contributed by atoms with van der Waals surface area (Å²) in [5, 5.41) is 12.1.